The number of aliphatic hydroxyl groups is 1. The molecule has 0 saturated carbocycles. The molecular formula is C4H10Na2O2. The molecule has 8 heavy (non-hydrogen) atoms. The van der Waals surface area contributed by atoms with Gasteiger partial charge >= 0.3 is 59.1 Å². The first-order chi connectivity index (χ1) is 2.77. The molecule has 0 aliphatic rings. The second-order valence-corrected chi connectivity index (χ2v) is 1.25. The van der Waals surface area contributed by atoms with Crippen molar-refractivity contribution in [3.63, 3.8) is 0 Å². The topological polar surface area (TPSA) is 37.3 Å². The first kappa shape index (κ1) is 16.3. The van der Waals surface area contributed by atoms with Gasteiger partial charge in [0.25, 0.3) is 0 Å². The van der Waals surface area contributed by atoms with Crippen LogP contribution >= 0.6 is 0 Å². The summed E-state index contributed by atoms with van der Waals surface area (Å²) in [5.74, 6) is 0. The van der Waals surface area contributed by atoms with Gasteiger partial charge < -0.3 is 9.90 Å². The minimum absolute atomic E-state index is 0. The van der Waals surface area contributed by atoms with E-state index in [9.17, 15) is 4.79 Å². The average molecular weight is 136 g/mol. The van der Waals surface area contributed by atoms with Gasteiger partial charge in [0.2, 0.25) is 0 Å². The Balaban J connectivity index is -0.000000125. The summed E-state index contributed by atoms with van der Waals surface area (Å²) >= 11 is 0. The summed E-state index contributed by atoms with van der Waals surface area (Å²) in [6.07, 6.45) is 0.479. The molecule has 0 spiro atoms. The van der Waals surface area contributed by atoms with Crippen LogP contribution in [0.15, 0.2) is 0 Å². The number of aldehydes is 1. The van der Waals surface area contributed by atoms with Gasteiger partial charge in [-0.15, -0.1) is 0 Å². The maximum absolute atomic E-state index is 9.46. The van der Waals surface area contributed by atoms with Gasteiger partial charge in [0, 0.05) is 6.42 Å². The van der Waals surface area contributed by atoms with Crippen LogP contribution < -0.4 is 0 Å². The molecule has 1 N–H and O–H groups in total. The van der Waals surface area contributed by atoms with Gasteiger partial charge in [-0.05, 0) is 6.92 Å². The van der Waals surface area contributed by atoms with Crippen molar-refractivity contribution in [1.82, 2.24) is 0 Å². The van der Waals surface area contributed by atoms with Crippen LogP contribution in [0.4, 0.5) is 0 Å². The molecule has 2 nitrogen and oxygen atoms in total. The Kier molecular flexibility index (Phi) is 23.3. The van der Waals surface area contributed by atoms with Crippen LogP contribution in [0.3, 0.4) is 0 Å². The van der Waals surface area contributed by atoms with E-state index in [1.807, 2.05) is 0 Å². The van der Waals surface area contributed by atoms with Crippen LogP contribution in [0, 0.1) is 0 Å². The minimum atomic E-state index is -0.470. The van der Waals surface area contributed by atoms with Crippen molar-refractivity contribution in [2.75, 3.05) is 0 Å². The molecule has 0 fully saturated rings. The second kappa shape index (κ2) is 11.4. The normalized spacial score (nSPS) is 10.2. The fraction of sp³-hybridized carbons (Fsp3) is 0.750. The Morgan fingerprint density at radius 1 is 1.62 bits per heavy atom. The van der Waals surface area contributed by atoms with Crippen molar-refractivity contribution in [2.45, 2.75) is 19.4 Å². The SMILES string of the molecule is CC(O)CC=O.[NaH].[NaH]. The summed E-state index contributed by atoms with van der Waals surface area (Å²) in [7, 11) is 0. The molecule has 40 valence electrons. The standard InChI is InChI=1S/C4H8O2.2Na.2H/c1-4(6)2-3-5;;;;/h3-4,6H,2H2,1H3;;;;. The Bertz CT molecular complexity index is 47.3. The summed E-state index contributed by atoms with van der Waals surface area (Å²) in [5.41, 5.74) is 0. The summed E-state index contributed by atoms with van der Waals surface area (Å²) < 4.78 is 0. The van der Waals surface area contributed by atoms with Crippen LogP contribution in [0.2, 0.25) is 0 Å². The zero-order valence-corrected chi connectivity index (χ0v) is 3.72. The third-order valence-electron chi connectivity index (χ3n) is 0.437. The second-order valence-electron chi connectivity index (χ2n) is 1.25. The summed E-state index contributed by atoms with van der Waals surface area (Å²) in [6, 6.07) is 0. The number of carbonyl (C=O) groups is 1. The zero-order valence-electron chi connectivity index (χ0n) is 3.72. The number of rotatable bonds is 2. The van der Waals surface area contributed by atoms with Gasteiger partial charge in [0.15, 0.2) is 0 Å². The molecule has 4 heteroatoms. The van der Waals surface area contributed by atoms with E-state index in [2.05, 4.69) is 0 Å². The van der Waals surface area contributed by atoms with Crippen LogP contribution in [-0.2, 0) is 4.79 Å². The van der Waals surface area contributed by atoms with Crippen LogP contribution in [0.1, 0.15) is 13.3 Å². The first-order valence-corrected chi connectivity index (χ1v) is 1.89. The van der Waals surface area contributed by atoms with Crippen LogP contribution in [0.25, 0.3) is 0 Å². The molecule has 0 amide bonds. The van der Waals surface area contributed by atoms with E-state index in [-0.39, 0.29) is 65.5 Å². The summed E-state index contributed by atoms with van der Waals surface area (Å²) in [4.78, 5) is 9.46. The summed E-state index contributed by atoms with van der Waals surface area (Å²) in [5, 5.41) is 8.32. The van der Waals surface area contributed by atoms with E-state index in [1.165, 1.54) is 0 Å². The molecule has 0 rings (SSSR count). The third kappa shape index (κ3) is 15.6. The monoisotopic (exact) mass is 136 g/mol. The van der Waals surface area contributed by atoms with Crippen molar-refractivity contribution in [3.8, 4) is 0 Å². The van der Waals surface area contributed by atoms with Crippen molar-refractivity contribution < 1.29 is 9.90 Å². The quantitative estimate of drug-likeness (QED) is 0.377. The summed E-state index contributed by atoms with van der Waals surface area (Å²) in [6.45, 7) is 1.58. The number of aliphatic hydroxyl groups excluding tert-OH is 1. The fourth-order valence-electron chi connectivity index (χ4n) is 0.139. The molecule has 0 heterocycles. The van der Waals surface area contributed by atoms with Gasteiger partial charge in [0.1, 0.15) is 6.29 Å². The Morgan fingerprint density at radius 3 is 2.00 bits per heavy atom. The van der Waals surface area contributed by atoms with Crippen molar-refractivity contribution in [3.05, 3.63) is 0 Å². The molecule has 0 aromatic carbocycles. The molecule has 0 saturated heterocycles. The molecule has 1 atom stereocenters. The number of hydrogen-bond acceptors (Lipinski definition) is 2. The molecule has 0 aliphatic carbocycles. The predicted molar refractivity (Wildman–Crippen MR) is 36.7 cm³/mol. The van der Waals surface area contributed by atoms with E-state index in [0.717, 1.165) is 0 Å². The van der Waals surface area contributed by atoms with Crippen molar-refractivity contribution >= 4 is 65.4 Å². The van der Waals surface area contributed by atoms with Gasteiger partial charge in [-0.25, -0.2) is 0 Å². The molecule has 0 aromatic rings. The molecule has 0 radical (unpaired) electrons. The predicted octanol–water partition coefficient (Wildman–Crippen LogP) is -1.34. The Hall–Kier alpha value is 1.63. The Morgan fingerprint density at radius 2 is 2.00 bits per heavy atom. The van der Waals surface area contributed by atoms with E-state index in [1.54, 1.807) is 6.92 Å². The molecule has 1 unspecified atom stereocenters. The van der Waals surface area contributed by atoms with Crippen molar-refractivity contribution in [1.29, 1.82) is 0 Å². The van der Waals surface area contributed by atoms with Gasteiger partial charge in [-0.3, -0.25) is 0 Å². The molecule has 0 aliphatic heterocycles. The van der Waals surface area contributed by atoms with Crippen LogP contribution in [0.5, 0.6) is 0 Å². The first-order valence-electron chi connectivity index (χ1n) is 1.89. The van der Waals surface area contributed by atoms with Gasteiger partial charge in [0.05, 0.1) is 6.10 Å². The van der Waals surface area contributed by atoms with Crippen molar-refractivity contribution in [2.24, 2.45) is 0 Å². The van der Waals surface area contributed by atoms with E-state index < -0.39 is 6.10 Å². The van der Waals surface area contributed by atoms with E-state index in [4.69, 9.17) is 5.11 Å². The molecule has 0 aromatic heterocycles. The van der Waals surface area contributed by atoms with Gasteiger partial charge in [-0.1, -0.05) is 0 Å². The van der Waals surface area contributed by atoms with Gasteiger partial charge in [-0.2, -0.15) is 0 Å². The molecular weight excluding hydrogens is 126 g/mol. The van der Waals surface area contributed by atoms with Crippen LogP contribution in [-0.4, -0.2) is 76.6 Å². The maximum atomic E-state index is 9.46. The fourth-order valence-corrected chi connectivity index (χ4v) is 0.139. The third-order valence-corrected chi connectivity index (χ3v) is 0.437. The van der Waals surface area contributed by atoms with E-state index in [0.29, 0.717) is 6.29 Å². The Labute approximate surface area is 93.6 Å². The average Bonchev–Trinajstić information content (AvgIpc) is 1.35. The van der Waals surface area contributed by atoms with E-state index >= 15 is 0 Å². The molecule has 0 bridgehead atoms. The zero-order chi connectivity index (χ0) is 4.99. The number of hydrogen-bond donors (Lipinski definition) is 1. The number of carbonyl (C=O) groups excluding carboxylic acids is 1.